The molecule has 1 fully saturated rings. The van der Waals surface area contributed by atoms with Crippen molar-refractivity contribution in [1.82, 2.24) is 0 Å². The fourth-order valence-electron chi connectivity index (χ4n) is 1.51. The number of rotatable bonds is 5. The Morgan fingerprint density at radius 2 is 2.20 bits per heavy atom. The Balaban J connectivity index is 2.35. The Labute approximate surface area is 86.8 Å². The molecule has 6 heteroatoms. The Morgan fingerprint density at radius 3 is 2.67 bits per heavy atom. The first kappa shape index (κ1) is 11.9. The quantitative estimate of drug-likeness (QED) is 0.673. The molecule has 86 valence electrons. The molecule has 1 aliphatic rings. The molecule has 2 unspecified atom stereocenters. The van der Waals surface area contributed by atoms with Gasteiger partial charge in [0, 0.05) is 5.41 Å². The minimum absolute atomic E-state index is 0.198. The van der Waals surface area contributed by atoms with Gasteiger partial charge in [0.25, 0.3) is 0 Å². The van der Waals surface area contributed by atoms with Crippen molar-refractivity contribution in [3.63, 3.8) is 0 Å². The summed E-state index contributed by atoms with van der Waals surface area (Å²) in [5.74, 6) is -2.02. The second kappa shape index (κ2) is 4.59. The second-order valence-corrected chi connectivity index (χ2v) is 4.04. The second-order valence-electron chi connectivity index (χ2n) is 4.04. The maximum Gasteiger partial charge on any atom is 0.332 e. The number of aliphatic carboxylic acids is 2. The topological polar surface area (TPSA) is 93.1 Å². The molecule has 1 heterocycles. The molecule has 15 heavy (non-hydrogen) atoms. The first-order chi connectivity index (χ1) is 6.93. The smallest absolute Gasteiger partial charge is 0.332 e. The maximum absolute atomic E-state index is 10.6. The molecule has 2 atom stereocenters. The third kappa shape index (κ3) is 3.49. The van der Waals surface area contributed by atoms with Crippen molar-refractivity contribution < 1.29 is 29.3 Å². The van der Waals surface area contributed by atoms with Crippen molar-refractivity contribution in [1.29, 1.82) is 0 Å². The van der Waals surface area contributed by atoms with Gasteiger partial charge in [-0.05, 0) is 6.42 Å². The maximum atomic E-state index is 10.6. The molecular weight excluding hydrogens is 204 g/mol. The summed E-state index contributed by atoms with van der Waals surface area (Å²) in [4.78, 5) is 20.8. The van der Waals surface area contributed by atoms with Crippen LogP contribution in [0.1, 0.15) is 13.3 Å². The average molecular weight is 218 g/mol. The minimum atomic E-state index is -1.03. The van der Waals surface area contributed by atoms with Gasteiger partial charge in [-0.25, -0.2) is 9.59 Å². The monoisotopic (exact) mass is 218 g/mol. The van der Waals surface area contributed by atoms with Crippen molar-refractivity contribution in [2.45, 2.75) is 19.4 Å². The number of ether oxygens (including phenoxy) is 2. The van der Waals surface area contributed by atoms with Crippen molar-refractivity contribution >= 4 is 11.9 Å². The van der Waals surface area contributed by atoms with E-state index in [0.29, 0.717) is 6.42 Å². The van der Waals surface area contributed by atoms with Gasteiger partial charge in [-0.2, -0.15) is 0 Å². The lowest BCUT2D eigenvalue weighted by atomic mass is 9.89. The zero-order chi connectivity index (χ0) is 11.5. The van der Waals surface area contributed by atoms with Crippen LogP contribution < -0.4 is 0 Å². The van der Waals surface area contributed by atoms with E-state index < -0.39 is 23.5 Å². The molecular formula is C9H14O6. The van der Waals surface area contributed by atoms with Crippen molar-refractivity contribution in [3.05, 3.63) is 0 Å². The predicted molar refractivity (Wildman–Crippen MR) is 48.6 cm³/mol. The number of carbonyl (C=O) groups is 2. The highest BCUT2D eigenvalue weighted by molar-refractivity contribution is 5.72. The third-order valence-corrected chi connectivity index (χ3v) is 2.26. The normalized spacial score (nSPS) is 30.3. The van der Waals surface area contributed by atoms with Crippen LogP contribution in [-0.4, -0.2) is 48.1 Å². The van der Waals surface area contributed by atoms with Gasteiger partial charge in [-0.1, -0.05) is 6.92 Å². The van der Waals surface area contributed by atoms with Gasteiger partial charge in [-0.3, -0.25) is 0 Å². The summed E-state index contributed by atoms with van der Waals surface area (Å²) in [5, 5.41) is 17.1. The average Bonchev–Trinajstić information content (AvgIpc) is 2.47. The zero-order valence-corrected chi connectivity index (χ0v) is 8.43. The minimum Gasteiger partial charge on any atom is -0.480 e. The Bertz CT molecular complexity index is 263. The molecule has 0 aromatic heterocycles. The molecule has 0 aromatic carbocycles. The predicted octanol–water partition coefficient (Wildman–Crippen LogP) is -0.0326. The number of hydrogen-bond acceptors (Lipinski definition) is 4. The van der Waals surface area contributed by atoms with Crippen LogP contribution in [0.25, 0.3) is 0 Å². The molecule has 1 saturated heterocycles. The molecule has 0 bridgehead atoms. The molecule has 0 amide bonds. The summed E-state index contributed by atoms with van der Waals surface area (Å²) in [5.41, 5.74) is -0.404. The summed E-state index contributed by atoms with van der Waals surface area (Å²) in [6, 6.07) is 0. The molecule has 0 radical (unpaired) electrons. The van der Waals surface area contributed by atoms with E-state index in [4.69, 9.17) is 19.7 Å². The van der Waals surface area contributed by atoms with E-state index in [1.807, 2.05) is 6.92 Å². The summed E-state index contributed by atoms with van der Waals surface area (Å²) >= 11 is 0. The molecule has 0 aliphatic carbocycles. The van der Waals surface area contributed by atoms with Crippen LogP contribution >= 0.6 is 0 Å². The van der Waals surface area contributed by atoms with Crippen LogP contribution in [-0.2, 0) is 19.1 Å². The van der Waals surface area contributed by atoms with E-state index >= 15 is 0 Å². The Morgan fingerprint density at radius 1 is 1.53 bits per heavy atom. The standard InChI is InChI=1S/C9H14O6/c1-9(4-14-3-7(10)11)2-6(8(12)13)15-5-9/h6H,2-5H2,1H3,(H,10,11)(H,12,13). The van der Waals surface area contributed by atoms with Gasteiger partial charge < -0.3 is 19.7 Å². The van der Waals surface area contributed by atoms with E-state index in [2.05, 4.69) is 0 Å². The summed E-state index contributed by atoms with van der Waals surface area (Å²) < 4.78 is 10.00. The first-order valence-electron chi connectivity index (χ1n) is 4.57. The van der Waals surface area contributed by atoms with Crippen LogP contribution in [0.3, 0.4) is 0 Å². The van der Waals surface area contributed by atoms with Gasteiger partial charge in [0.2, 0.25) is 0 Å². The zero-order valence-electron chi connectivity index (χ0n) is 8.43. The van der Waals surface area contributed by atoms with Gasteiger partial charge in [-0.15, -0.1) is 0 Å². The fraction of sp³-hybridized carbons (Fsp3) is 0.778. The van der Waals surface area contributed by atoms with Crippen LogP contribution in [0.4, 0.5) is 0 Å². The third-order valence-electron chi connectivity index (χ3n) is 2.26. The Hall–Kier alpha value is -1.14. The van der Waals surface area contributed by atoms with Crippen molar-refractivity contribution in [2.75, 3.05) is 19.8 Å². The van der Waals surface area contributed by atoms with E-state index in [-0.39, 0.29) is 19.8 Å². The number of hydrogen-bond donors (Lipinski definition) is 2. The lowest BCUT2D eigenvalue weighted by Crippen LogP contribution is -2.26. The van der Waals surface area contributed by atoms with E-state index in [9.17, 15) is 9.59 Å². The fourth-order valence-corrected chi connectivity index (χ4v) is 1.51. The van der Waals surface area contributed by atoms with Gasteiger partial charge in [0.1, 0.15) is 6.61 Å². The van der Waals surface area contributed by atoms with Crippen LogP contribution in [0.15, 0.2) is 0 Å². The number of carboxylic acid groups (broad SMARTS) is 2. The van der Waals surface area contributed by atoms with Gasteiger partial charge >= 0.3 is 11.9 Å². The van der Waals surface area contributed by atoms with E-state index in [0.717, 1.165) is 0 Å². The Kier molecular flexibility index (Phi) is 3.65. The lowest BCUT2D eigenvalue weighted by Gasteiger charge is -2.20. The largest absolute Gasteiger partial charge is 0.480 e. The van der Waals surface area contributed by atoms with Gasteiger partial charge in [0.05, 0.1) is 13.2 Å². The van der Waals surface area contributed by atoms with Crippen molar-refractivity contribution in [3.8, 4) is 0 Å². The van der Waals surface area contributed by atoms with Gasteiger partial charge in [0.15, 0.2) is 6.10 Å². The molecule has 0 aromatic rings. The van der Waals surface area contributed by atoms with Crippen LogP contribution in [0, 0.1) is 5.41 Å². The van der Waals surface area contributed by atoms with Crippen LogP contribution in [0.5, 0.6) is 0 Å². The number of carboxylic acids is 2. The molecule has 2 N–H and O–H groups in total. The summed E-state index contributed by atoms with van der Waals surface area (Å²) in [6.07, 6.45) is -0.453. The lowest BCUT2D eigenvalue weighted by molar-refractivity contribution is -0.147. The van der Waals surface area contributed by atoms with E-state index in [1.54, 1.807) is 0 Å². The molecule has 0 saturated carbocycles. The molecule has 6 nitrogen and oxygen atoms in total. The first-order valence-corrected chi connectivity index (χ1v) is 4.57. The van der Waals surface area contributed by atoms with Crippen LogP contribution in [0.2, 0.25) is 0 Å². The van der Waals surface area contributed by atoms with E-state index in [1.165, 1.54) is 0 Å². The highest BCUT2D eigenvalue weighted by atomic mass is 16.5. The summed E-state index contributed by atoms with van der Waals surface area (Å²) in [7, 11) is 0. The SMILES string of the molecule is CC1(COCC(=O)O)COC(C(=O)O)C1. The summed E-state index contributed by atoms with van der Waals surface area (Å²) in [6.45, 7) is 1.93. The molecule has 0 spiro atoms. The highest BCUT2D eigenvalue weighted by Gasteiger charge is 2.39. The highest BCUT2D eigenvalue weighted by Crippen LogP contribution is 2.32. The molecule has 1 aliphatic heterocycles. The van der Waals surface area contributed by atoms with Crippen molar-refractivity contribution in [2.24, 2.45) is 5.41 Å². The molecule has 1 rings (SSSR count).